The summed E-state index contributed by atoms with van der Waals surface area (Å²) in [7, 11) is 1.71. The van der Waals surface area contributed by atoms with Gasteiger partial charge in [0.15, 0.2) is 0 Å². The molecule has 3 heteroatoms. The van der Waals surface area contributed by atoms with E-state index < -0.39 is 0 Å². The van der Waals surface area contributed by atoms with Gasteiger partial charge in [0.05, 0.1) is 31.1 Å². The Balaban J connectivity index is 1.75. The summed E-state index contributed by atoms with van der Waals surface area (Å²) < 4.78 is 7.70. The van der Waals surface area contributed by atoms with Crippen molar-refractivity contribution in [3.05, 3.63) is 83.7 Å². The lowest BCUT2D eigenvalue weighted by atomic mass is 9.94. The van der Waals surface area contributed by atoms with Gasteiger partial charge in [-0.2, -0.15) is 0 Å². The quantitative estimate of drug-likeness (QED) is 0.437. The maximum Gasteiger partial charge on any atom is 0.123 e. The molecule has 0 bridgehead atoms. The van der Waals surface area contributed by atoms with Crippen molar-refractivity contribution in [1.82, 2.24) is 9.55 Å². The van der Waals surface area contributed by atoms with Gasteiger partial charge in [0.1, 0.15) is 5.75 Å². The Morgan fingerprint density at radius 2 is 1.82 bits per heavy atom. The molecule has 2 heterocycles. The van der Waals surface area contributed by atoms with Crippen LogP contribution in [0.2, 0.25) is 0 Å². The summed E-state index contributed by atoms with van der Waals surface area (Å²) in [5, 5.41) is 1.21. The van der Waals surface area contributed by atoms with Gasteiger partial charge in [-0.1, -0.05) is 38.1 Å². The fourth-order valence-corrected chi connectivity index (χ4v) is 3.89. The monoisotopic (exact) mass is 369 g/mol. The predicted octanol–water partition coefficient (Wildman–Crippen LogP) is 5.69. The minimum Gasteiger partial charge on any atom is -0.496 e. The van der Waals surface area contributed by atoms with Crippen LogP contribution in [0.4, 0.5) is 0 Å². The Bertz CT molecular complexity index is 1090. The van der Waals surface area contributed by atoms with Crippen LogP contribution >= 0.6 is 0 Å². The molecule has 0 aliphatic rings. The average Bonchev–Trinajstić information content (AvgIpc) is 3.15. The van der Waals surface area contributed by atoms with Crippen molar-refractivity contribution >= 4 is 10.9 Å². The van der Waals surface area contributed by atoms with E-state index in [0.717, 1.165) is 41.9 Å². The van der Waals surface area contributed by atoms with E-state index in [1.165, 1.54) is 22.1 Å². The van der Waals surface area contributed by atoms with Gasteiger partial charge < -0.3 is 9.30 Å². The van der Waals surface area contributed by atoms with Crippen LogP contribution in [-0.4, -0.2) is 16.7 Å². The van der Waals surface area contributed by atoms with Crippen molar-refractivity contribution < 1.29 is 4.74 Å². The molecule has 2 aromatic carbocycles. The van der Waals surface area contributed by atoms with E-state index in [4.69, 9.17) is 9.72 Å². The highest BCUT2D eigenvalue weighted by atomic mass is 16.5. The van der Waals surface area contributed by atoms with Crippen molar-refractivity contribution in [3.63, 3.8) is 0 Å². The molecule has 4 aromatic rings. The Labute approximate surface area is 166 Å². The minimum absolute atomic E-state index is 0.733. The highest BCUT2D eigenvalue weighted by Gasteiger charge is 2.12. The zero-order chi connectivity index (χ0) is 19.5. The number of aromatic nitrogens is 2. The Morgan fingerprint density at radius 3 is 2.54 bits per heavy atom. The van der Waals surface area contributed by atoms with E-state index in [1.807, 2.05) is 24.4 Å². The summed E-state index contributed by atoms with van der Waals surface area (Å²) >= 11 is 0. The van der Waals surface area contributed by atoms with E-state index in [-0.39, 0.29) is 0 Å². The van der Waals surface area contributed by atoms with Crippen LogP contribution in [0.1, 0.15) is 30.5 Å². The molecule has 3 nitrogen and oxygen atoms in total. The molecule has 0 unspecified atom stereocenters. The smallest absolute Gasteiger partial charge is 0.123 e. The number of hydrogen-bond acceptors (Lipinski definition) is 2. The molecule has 0 aliphatic heterocycles. The maximum absolute atomic E-state index is 5.49. The third-order valence-corrected chi connectivity index (χ3v) is 5.38. The van der Waals surface area contributed by atoms with Crippen LogP contribution in [0.3, 0.4) is 0 Å². The molecule has 0 aliphatic carbocycles. The van der Waals surface area contributed by atoms with E-state index in [2.05, 4.69) is 61.0 Å². The first-order valence-electron chi connectivity index (χ1n) is 9.84. The molecule has 0 saturated heterocycles. The zero-order valence-corrected chi connectivity index (χ0v) is 16.7. The Hall–Kier alpha value is -3.07. The molecule has 0 fully saturated rings. The number of rotatable bonds is 6. The second kappa shape index (κ2) is 7.89. The summed E-state index contributed by atoms with van der Waals surface area (Å²) in [6.07, 6.45) is 6.13. The van der Waals surface area contributed by atoms with Crippen molar-refractivity contribution in [3.8, 4) is 17.0 Å². The second-order valence-corrected chi connectivity index (χ2v) is 6.97. The lowest BCUT2D eigenvalue weighted by Gasteiger charge is -2.13. The van der Waals surface area contributed by atoms with Crippen LogP contribution < -0.4 is 4.74 Å². The van der Waals surface area contributed by atoms with Crippen molar-refractivity contribution in [2.45, 2.75) is 33.2 Å². The van der Waals surface area contributed by atoms with Gasteiger partial charge in [-0.15, -0.1) is 0 Å². The van der Waals surface area contributed by atoms with E-state index >= 15 is 0 Å². The standard InChI is InChI=1S/C25H25N2O/c1-4-18-10-8-11-19(5-2)25(18)22-15-20-13-14-27(23(20)16-26-22)17-21-9-6-7-12-24(21)28-3/h7-16H,4-5,17H2,1-3H3. The van der Waals surface area contributed by atoms with Crippen LogP contribution in [-0.2, 0) is 19.4 Å². The Kier molecular flexibility index (Phi) is 5.16. The van der Waals surface area contributed by atoms with Gasteiger partial charge in [0, 0.05) is 22.7 Å². The molecule has 1 radical (unpaired) electrons. The highest BCUT2D eigenvalue weighted by Crippen LogP contribution is 2.30. The highest BCUT2D eigenvalue weighted by molar-refractivity contribution is 5.84. The summed E-state index contributed by atoms with van der Waals surface area (Å²) in [4.78, 5) is 4.85. The van der Waals surface area contributed by atoms with Crippen molar-refractivity contribution in [2.75, 3.05) is 7.11 Å². The number of pyridine rings is 1. The van der Waals surface area contributed by atoms with Gasteiger partial charge in [0.2, 0.25) is 0 Å². The fraction of sp³-hybridized carbons (Fsp3) is 0.240. The van der Waals surface area contributed by atoms with Crippen molar-refractivity contribution in [2.24, 2.45) is 0 Å². The van der Waals surface area contributed by atoms with Crippen LogP contribution in [0.5, 0.6) is 5.75 Å². The van der Waals surface area contributed by atoms with Crippen LogP contribution in [0, 0.1) is 6.07 Å². The van der Waals surface area contributed by atoms with E-state index in [9.17, 15) is 0 Å². The number of ether oxygens (including phenoxy) is 1. The zero-order valence-electron chi connectivity index (χ0n) is 16.7. The fourth-order valence-electron chi connectivity index (χ4n) is 3.89. The van der Waals surface area contributed by atoms with Gasteiger partial charge in [-0.3, -0.25) is 4.98 Å². The number of hydrogen-bond donors (Lipinski definition) is 0. The molecule has 0 atom stereocenters. The molecular weight excluding hydrogens is 344 g/mol. The van der Waals surface area contributed by atoms with E-state index in [0.29, 0.717) is 0 Å². The first kappa shape index (κ1) is 18.3. The lowest BCUT2D eigenvalue weighted by Crippen LogP contribution is -2.01. The first-order chi connectivity index (χ1) is 13.7. The largest absolute Gasteiger partial charge is 0.496 e. The number of aryl methyl sites for hydroxylation is 2. The first-order valence-corrected chi connectivity index (χ1v) is 9.84. The number of nitrogens with zero attached hydrogens (tertiary/aromatic N) is 2. The SMILES string of the molecule is CCc1cccc(CC)c1-c1cc2ccn(Cc3c[c]ccc3OC)c2cn1. The molecule has 0 saturated carbocycles. The summed E-state index contributed by atoms with van der Waals surface area (Å²) in [6, 6.07) is 19.9. The van der Waals surface area contributed by atoms with Gasteiger partial charge >= 0.3 is 0 Å². The third-order valence-electron chi connectivity index (χ3n) is 5.38. The normalized spacial score (nSPS) is 11.1. The van der Waals surface area contributed by atoms with Crippen LogP contribution in [0.25, 0.3) is 22.2 Å². The second-order valence-electron chi connectivity index (χ2n) is 6.97. The number of benzene rings is 2. The van der Waals surface area contributed by atoms with Gasteiger partial charge in [-0.25, -0.2) is 0 Å². The van der Waals surface area contributed by atoms with Crippen molar-refractivity contribution in [1.29, 1.82) is 0 Å². The average molecular weight is 369 g/mol. The van der Waals surface area contributed by atoms with Gasteiger partial charge in [0.25, 0.3) is 0 Å². The molecule has 141 valence electrons. The lowest BCUT2D eigenvalue weighted by molar-refractivity contribution is 0.408. The molecular formula is C25H25N2O. The molecule has 28 heavy (non-hydrogen) atoms. The van der Waals surface area contributed by atoms with E-state index in [1.54, 1.807) is 7.11 Å². The summed E-state index contributed by atoms with van der Waals surface area (Å²) in [5.41, 5.74) is 7.30. The number of fused-ring (bicyclic) bond motifs is 1. The topological polar surface area (TPSA) is 27.1 Å². The number of methoxy groups -OCH3 is 1. The summed E-state index contributed by atoms with van der Waals surface area (Å²) in [6.45, 7) is 5.14. The minimum atomic E-state index is 0.733. The van der Waals surface area contributed by atoms with Gasteiger partial charge in [-0.05, 0) is 54.3 Å². The Morgan fingerprint density at radius 1 is 1.04 bits per heavy atom. The predicted molar refractivity (Wildman–Crippen MR) is 115 cm³/mol. The third kappa shape index (κ3) is 3.29. The molecule has 4 rings (SSSR count). The van der Waals surface area contributed by atoms with Crippen LogP contribution in [0.15, 0.2) is 60.9 Å². The summed E-state index contributed by atoms with van der Waals surface area (Å²) in [5.74, 6) is 0.884. The maximum atomic E-state index is 5.49. The molecule has 2 aromatic heterocycles. The molecule has 0 amide bonds. The molecule has 0 N–H and O–H groups in total. The molecule has 0 spiro atoms.